The highest BCUT2D eigenvalue weighted by Crippen LogP contribution is 2.32. The minimum absolute atomic E-state index is 0.126. The molecule has 0 unspecified atom stereocenters. The Bertz CT molecular complexity index is 457. The lowest BCUT2D eigenvalue weighted by atomic mass is 9.82. The molecule has 118 valence electrons. The molecule has 0 spiro atoms. The molecule has 5 nitrogen and oxygen atoms in total. The van der Waals surface area contributed by atoms with Gasteiger partial charge in [0.15, 0.2) is 0 Å². The molecule has 1 saturated carbocycles. The van der Waals surface area contributed by atoms with E-state index in [-0.39, 0.29) is 12.1 Å². The summed E-state index contributed by atoms with van der Waals surface area (Å²) in [6.45, 7) is 4.88. The maximum atomic E-state index is 9.76. The van der Waals surface area contributed by atoms with Crippen molar-refractivity contribution in [2.45, 2.75) is 51.5 Å². The van der Waals surface area contributed by atoms with E-state index in [0.717, 1.165) is 31.5 Å². The van der Waals surface area contributed by atoms with Crippen molar-refractivity contribution in [3.63, 3.8) is 0 Å². The summed E-state index contributed by atoms with van der Waals surface area (Å²) in [5, 5.41) is 13.2. The van der Waals surface area contributed by atoms with E-state index in [9.17, 15) is 5.11 Å². The number of nitrogens with one attached hydrogen (secondary N) is 1. The molecule has 0 atom stereocenters. The molecule has 0 amide bonds. The van der Waals surface area contributed by atoms with Crippen LogP contribution in [-0.2, 0) is 0 Å². The van der Waals surface area contributed by atoms with Crippen LogP contribution in [0, 0.1) is 5.92 Å². The highest BCUT2D eigenvalue weighted by molar-refractivity contribution is 5.54. The van der Waals surface area contributed by atoms with Gasteiger partial charge < -0.3 is 20.9 Å². The fourth-order valence-electron chi connectivity index (χ4n) is 2.70. The van der Waals surface area contributed by atoms with Gasteiger partial charge in [-0.2, -0.15) is 4.98 Å². The van der Waals surface area contributed by atoms with Gasteiger partial charge in [0, 0.05) is 0 Å². The topological polar surface area (TPSA) is 80.4 Å². The quantitative estimate of drug-likeness (QED) is 0.751. The smallest absolute Gasteiger partial charge is 0.239 e. The van der Waals surface area contributed by atoms with E-state index < -0.39 is 0 Å². The van der Waals surface area contributed by atoms with Crippen molar-refractivity contribution in [1.82, 2.24) is 4.98 Å². The average Bonchev–Trinajstić information content (AvgIpc) is 2.48. The summed E-state index contributed by atoms with van der Waals surface area (Å²) in [6.07, 6.45) is 5.45. The molecule has 1 aromatic heterocycles. The van der Waals surface area contributed by atoms with Gasteiger partial charge in [0.2, 0.25) is 5.88 Å². The molecule has 1 aliphatic rings. The summed E-state index contributed by atoms with van der Waals surface area (Å²) in [4.78, 5) is 4.46. The molecule has 0 radical (unpaired) electrons. The van der Waals surface area contributed by atoms with Crippen molar-refractivity contribution in [1.29, 1.82) is 0 Å². The van der Waals surface area contributed by atoms with Crippen molar-refractivity contribution in [3.05, 3.63) is 12.1 Å². The third kappa shape index (κ3) is 4.24. The Kier molecular flexibility index (Phi) is 5.28. The number of hydrogen-bond acceptors (Lipinski definition) is 5. The van der Waals surface area contributed by atoms with Crippen LogP contribution in [0.5, 0.6) is 5.88 Å². The first-order valence-electron chi connectivity index (χ1n) is 7.83. The number of anilines is 2. The third-order valence-electron chi connectivity index (χ3n) is 3.95. The van der Waals surface area contributed by atoms with Crippen molar-refractivity contribution < 1.29 is 9.84 Å². The molecule has 5 heteroatoms. The number of aliphatic hydroxyl groups excluding tert-OH is 1. The first kappa shape index (κ1) is 15.9. The summed E-state index contributed by atoms with van der Waals surface area (Å²) in [5.41, 5.74) is 6.20. The van der Waals surface area contributed by atoms with Crippen LogP contribution in [0.2, 0.25) is 0 Å². The Balaban J connectivity index is 2.10. The number of hydrogen-bond donors (Lipinski definition) is 3. The van der Waals surface area contributed by atoms with E-state index in [0.29, 0.717) is 24.1 Å². The monoisotopic (exact) mass is 293 g/mol. The Morgan fingerprint density at radius 1 is 1.33 bits per heavy atom. The van der Waals surface area contributed by atoms with E-state index in [1.54, 1.807) is 6.07 Å². The summed E-state index contributed by atoms with van der Waals surface area (Å²) >= 11 is 0. The van der Waals surface area contributed by atoms with Crippen LogP contribution in [-0.4, -0.2) is 28.8 Å². The van der Waals surface area contributed by atoms with Gasteiger partial charge in [-0.15, -0.1) is 0 Å². The van der Waals surface area contributed by atoms with Gasteiger partial charge in [-0.25, -0.2) is 0 Å². The van der Waals surface area contributed by atoms with E-state index in [1.165, 1.54) is 6.42 Å². The highest BCUT2D eigenvalue weighted by atomic mass is 16.5. The van der Waals surface area contributed by atoms with Gasteiger partial charge in [0.05, 0.1) is 24.4 Å². The molecule has 0 aromatic carbocycles. The number of nitrogen functional groups attached to an aromatic ring is 1. The fraction of sp³-hybridized carbons (Fsp3) is 0.688. The standard InChI is InChI=1S/C16H27N3O2/c1-12(2)10-21-15-13(17)6-7-14(18-15)19-16(11-20)8-4-3-5-9-16/h6-7,12,20H,3-5,8-11,17H2,1-2H3,(H,18,19). The zero-order valence-electron chi connectivity index (χ0n) is 13.1. The number of nitrogens with zero attached hydrogens (tertiary/aromatic N) is 1. The molecule has 0 saturated heterocycles. The van der Waals surface area contributed by atoms with Crippen molar-refractivity contribution >= 4 is 11.5 Å². The summed E-state index contributed by atoms with van der Waals surface area (Å²) in [5.74, 6) is 1.61. The summed E-state index contributed by atoms with van der Waals surface area (Å²) in [6, 6.07) is 3.66. The third-order valence-corrected chi connectivity index (χ3v) is 3.95. The van der Waals surface area contributed by atoms with E-state index in [1.807, 2.05) is 6.07 Å². The molecular formula is C16H27N3O2. The predicted molar refractivity (Wildman–Crippen MR) is 85.5 cm³/mol. The van der Waals surface area contributed by atoms with Crippen LogP contribution >= 0.6 is 0 Å². The molecule has 2 rings (SSSR count). The van der Waals surface area contributed by atoms with Gasteiger partial charge in [0.25, 0.3) is 0 Å². The number of nitrogens with two attached hydrogens (primary N) is 1. The largest absolute Gasteiger partial charge is 0.476 e. The minimum Gasteiger partial charge on any atom is -0.476 e. The lowest BCUT2D eigenvalue weighted by Gasteiger charge is -2.37. The van der Waals surface area contributed by atoms with Crippen LogP contribution in [0.15, 0.2) is 12.1 Å². The van der Waals surface area contributed by atoms with Crippen LogP contribution in [0.25, 0.3) is 0 Å². The van der Waals surface area contributed by atoms with E-state index in [4.69, 9.17) is 10.5 Å². The molecular weight excluding hydrogens is 266 g/mol. The lowest BCUT2D eigenvalue weighted by Crippen LogP contribution is -2.44. The van der Waals surface area contributed by atoms with E-state index in [2.05, 4.69) is 24.1 Å². The summed E-state index contributed by atoms with van der Waals surface area (Å²) in [7, 11) is 0. The maximum Gasteiger partial charge on any atom is 0.239 e. The predicted octanol–water partition coefficient (Wildman–Crippen LogP) is 2.81. The van der Waals surface area contributed by atoms with Crippen LogP contribution < -0.4 is 15.8 Å². The number of aliphatic hydroxyl groups is 1. The van der Waals surface area contributed by atoms with Gasteiger partial charge in [-0.3, -0.25) is 0 Å². The molecule has 1 aliphatic carbocycles. The molecule has 0 aliphatic heterocycles. The number of pyridine rings is 1. The molecule has 0 bridgehead atoms. The SMILES string of the molecule is CC(C)COc1nc(NC2(CO)CCCCC2)ccc1N. The van der Waals surface area contributed by atoms with Gasteiger partial charge in [0.1, 0.15) is 5.82 Å². The van der Waals surface area contributed by atoms with E-state index >= 15 is 0 Å². The fourth-order valence-corrected chi connectivity index (χ4v) is 2.70. The van der Waals surface area contributed by atoms with Gasteiger partial charge in [-0.05, 0) is 30.9 Å². The zero-order chi connectivity index (χ0) is 15.3. The van der Waals surface area contributed by atoms with Crippen molar-refractivity contribution in [2.75, 3.05) is 24.3 Å². The van der Waals surface area contributed by atoms with Crippen molar-refractivity contribution in [3.8, 4) is 5.88 Å². The Hall–Kier alpha value is -1.49. The zero-order valence-corrected chi connectivity index (χ0v) is 13.1. The Morgan fingerprint density at radius 3 is 2.67 bits per heavy atom. The first-order chi connectivity index (χ1) is 10.0. The van der Waals surface area contributed by atoms with Gasteiger partial charge in [-0.1, -0.05) is 33.1 Å². The summed E-state index contributed by atoms with van der Waals surface area (Å²) < 4.78 is 5.66. The molecule has 21 heavy (non-hydrogen) atoms. The normalized spacial score (nSPS) is 17.7. The maximum absolute atomic E-state index is 9.76. The molecule has 4 N–H and O–H groups in total. The minimum atomic E-state index is -0.253. The van der Waals surface area contributed by atoms with Crippen LogP contribution in [0.3, 0.4) is 0 Å². The number of ether oxygens (including phenoxy) is 1. The molecule has 1 fully saturated rings. The molecule has 1 aromatic rings. The van der Waals surface area contributed by atoms with Crippen LogP contribution in [0.4, 0.5) is 11.5 Å². The average molecular weight is 293 g/mol. The Morgan fingerprint density at radius 2 is 2.05 bits per heavy atom. The van der Waals surface area contributed by atoms with Crippen LogP contribution in [0.1, 0.15) is 46.0 Å². The number of rotatable bonds is 6. The first-order valence-corrected chi connectivity index (χ1v) is 7.83. The second-order valence-electron chi connectivity index (χ2n) is 6.42. The lowest BCUT2D eigenvalue weighted by molar-refractivity contribution is 0.172. The van der Waals surface area contributed by atoms with Gasteiger partial charge >= 0.3 is 0 Å². The Labute approximate surface area is 126 Å². The number of aromatic nitrogens is 1. The second kappa shape index (κ2) is 6.98. The highest BCUT2D eigenvalue weighted by Gasteiger charge is 2.31. The van der Waals surface area contributed by atoms with Crippen molar-refractivity contribution in [2.24, 2.45) is 5.92 Å². The second-order valence-corrected chi connectivity index (χ2v) is 6.42. The molecule has 1 heterocycles.